The zero-order valence-corrected chi connectivity index (χ0v) is 11.2. The normalized spacial score (nSPS) is 11.9. The highest BCUT2D eigenvalue weighted by Gasteiger charge is 2.12. The molecular weight excluding hydrogens is 261 g/mol. The van der Waals surface area contributed by atoms with Gasteiger partial charge in [0.05, 0.1) is 13.2 Å². The van der Waals surface area contributed by atoms with Gasteiger partial charge >= 0.3 is 0 Å². The van der Waals surface area contributed by atoms with Crippen LogP contribution in [0.15, 0.2) is 36.4 Å². The Morgan fingerprint density at radius 3 is 2.45 bits per heavy atom. The third kappa shape index (κ3) is 2.93. The van der Waals surface area contributed by atoms with E-state index in [0.29, 0.717) is 17.0 Å². The average molecular weight is 277 g/mol. The second-order valence-electron chi connectivity index (χ2n) is 4.46. The summed E-state index contributed by atoms with van der Waals surface area (Å²) in [5.41, 5.74) is 1.18. The van der Waals surface area contributed by atoms with Crippen LogP contribution in [-0.2, 0) is 0 Å². The molecule has 0 heterocycles. The van der Waals surface area contributed by atoms with Crippen LogP contribution in [0, 0.1) is 5.82 Å². The Morgan fingerprint density at radius 1 is 1.10 bits per heavy atom. The molecule has 20 heavy (non-hydrogen) atoms. The monoisotopic (exact) mass is 277 g/mol. The highest BCUT2D eigenvalue weighted by Crippen LogP contribution is 2.31. The molecule has 0 aliphatic heterocycles. The van der Waals surface area contributed by atoms with E-state index in [0.717, 1.165) is 0 Å². The molecule has 0 aliphatic carbocycles. The lowest BCUT2D eigenvalue weighted by Gasteiger charge is -2.17. The first kappa shape index (κ1) is 14.0. The van der Waals surface area contributed by atoms with Gasteiger partial charge in [-0.05, 0) is 31.2 Å². The molecule has 3 N–H and O–H groups in total. The molecule has 0 spiro atoms. The van der Waals surface area contributed by atoms with Gasteiger partial charge in [0.15, 0.2) is 11.6 Å². The third-order valence-corrected chi connectivity index (χ3v) is 3.03. The van der Waals surface area contributed by atoms with E-state index in [1.807, 2.05) is 6.92 Å². The second-order valence-corrected chi connectivity index (χ2v) is 4.46. The lowest BCUT2D eigenvalue weighted by atomic mass is 10.1. The zero-order chi connectivity index (χ0) is 14.7. The van der Waals surface area contributed by atoms with E-state index >= 15 is 0 Å². The van der Waals surface area contributed by atoms with Crippen molar-refractivity contribution in [3.63, 3.8) is 0 Å². The predicted molar refractivity (Wildman–Crippen MR) is 74.8 cm³/mol. The number of hydrogen-bond acceptors (Lipinski definition) is 4. The molecule has 2 aromatic rings. The van der Waals surface area contributed by atoms with Crippen LogP contribution in [0.5, 0.6) is 17.2 Å². The molecular formula is C15H16FNO3. The number of hydrogen-bond donors (Lipinski definition) is 3. The van der Waals surface area contributed by atoms with E-state index in [-0.39, 0.29) is 11.8 Å². The Kier molecular flexibility index (Phi) is 3.98. The van der Waals surface area contributed by atoms with Crippen LogP contribution < -0.4 is 10.1 Å². The summed E-state index contributed by atoms with van der Waals surface area (Å²) in [6.45, 7) is 1.84. The number of halogens is 1. The van der Waals surface area contributed by atoms with Crippen molar-refractivity contribution in [2.24, 2.45) is 0 Å². The Bertz CT molecular complexity index is 616. The summed E-state index contributed by atoms with van der Waals surface area (Å²) in [5, 5.41) is 22.1. The zero-order valence-electron chi connectivity index (χ0n) is 11.2. The molecule has 106 valence electrons. The standard InChI is InChI=1S/C15H16FNO3/c1-9(12-5-4-11(20-2)8-15(12)19)17-10-3-6-14(18)13(16)7-10/h3-9,17-19H,1-2H3. The summed E-state index contributed by atoms with van der Waals surface area (Å²) in [6.07, 6.45) is 0. The van der Waals surface area contributed by atoms with Gasteiger partial charge in [0.25, 0.3) is 0 Å². The van der Waals surface area contributed by atoms with Crippen LogP contribution >= 0.6 is 0 Å². The number of ether oxygens (including phenoxy) is 1. The summed E-state index contributed by atoms with van der Waals surface area (Å²) in [4.78, 5) is 0. The molecule has 0 aliphatic rings. The van der Waals surface area contributed by atoms with Gasteiger partial charge in [-0.15, -0.1) is 0 Å². The minimum absolute atomic E-state index is 0.101. The maximum atomic E-state index is 13.3. The van der Waals surface area contributed by atoms with Crippen LogP contribution in [-0.4, -0.2) is 17.3 Å². The molecule has 4 nitrogen and oxygen atoms in total. The predicted octanol–water partition coefficient (Wildman–Crippen LogP) is 3.42. The van der Waals surface area contributed by atoms with Gasteiger partial charge in [-0.2, -0.15) is 0 Å². The van der Waals surface area contributed by atoms with E-state index in [2.05, 4.69) is 5.32 Å². The minimum Gasteiger partial charge on any atom is -0.507 e. The Balaban J connectivity index is 2.19. The number of benzene rings is 2. The fourth-order valence-electron chi connectivity index (χ4n) is 1.94. The van der Waals surface area contributed by atoms with Crippen LogP contribution in [0.4, 0.5) is 10.1 Å². The van der Waals surface area contributed by atoms with Crippen LogP contribution in [0.3, 0.4) is 0 Å². The van der Waals surface area contributed by atoms with Crippen molar-refractivity contribution in [3.8, 4) is 17.2 Å². The SMILES string of the molecule is COc1ccc(C(C)Nc2ccc(O)c(F)c2)c(O)c1. The topological polar surface area (TPSA) is 61.7 Å². The molecule has 5 heteroatoms. The summed E-state index contributed by atoms with van der Waals surface area (Å²) in [5.74, 6) is -0.422. The molecule has 0 amide bonds. The smallest absolute Gasteiger partial charge is 0.166 e. The fraction of sp³-hybridized carbons (Fsp3) is 0.200. The summed E-state index contributed by atoms with van der Waals surface area (Å²) in [6, 6.07) is 8.81. The van der Waals surface area contributed by atoms with Crippen molar-refractivity contribution in [2.45, 2.75) is 13.0 Å². The quantitative estimate of drug-likeness (QED) is 0.749. The highest BCUT2D eigenvalue weighted by molar-refractivity contribution is 5.50. The van der Waals surface area contributed by atoms with Gasteiger partial charge in [-0.3, -0.25) is 0 Å². The van der Waals surface area contributed by atoms with Gasteiger partial charge in [-0.1, -0.05) is 0 Å². The molecule has 0 radical (unpaired) electrons. The number of aromatic hydroxyl groups is 2. The van der Waals surface area contributed by atoms with Crippen molar-refractivity contribution in [1.29, 1.82) is 0 Å². The van der Waals surface area contributed by atoms with Crippen molar-refractivity contribution >= 4 is 5.69 Å². The molecule has 0 fully saturated rings. The maximum Gasteiger partial charge on any atom is 0.166 e. The summed E-state index contributed by atoms with van der Waals surface area (Å²) in [7, 11) is 1.52. The molecule has 0 saturated heterocycles. The highest BCUT2D eigenvalue weighted by atomic mass is 19.1. The molecule has 1 atom stereocenters. The van der Waals surface area contributed by atoms with Crippen molar-refractivity contribution in [1.82, 2.24) is 0 Å². The van der Waals surface area contributed by atoms with E-state index in [1.165, 1.54) is 25.3 Å². The van der Waals surface area contributed by atoms with Gasteiger partial charge in [0.2, 0.25) is 0 Å². The number of phenols is 2. The van der Waals surface area contributed by atoms with E-state index in [9.17, 15) is 9.50 Å². The van der Waals surface area contributed by atoms with E-state index in [4.69, 9.17) is 9.84 Å². The van der Waals surface area contributed by atoms with Gasteiger partial charge in [0.1, 0.15) is 11.5 Å². The van der Waals surface area contributed by atoms with Gasteiger partial charge in [0, 0.05) is 23.4 Å². The Labute approximate surface area is 116 Å². The molecule has 1 unspecified atom stereocenters. The lowest BCUT2D eigenvalue weighted by molar-refractivity contribution is 0.406. The minimum atomic E-state index is -0.693. The molecule has 2 rings (SSSR count). The molecule has 0 saturated carbocycles. The number of methoxy groups -OCH3 is 1. The van der Waals surface area contributed by atoms with Crippen LogP contribution in [0.2, 0.25) is 0 Å². The molecule has 0 bridgehead atoms. The van der Waals surface area contributed by atoms with E-state index < -0.39 is 11.6 Å². The molecule has 0 aromatic heterocycles. The summed E-state index contributed by atoms with van der Waals surface area (Å²) < 4.78 is 18.3. The fourth-order valence-corrected chi connectivity index (χ4v) is 1.94. The Morgan fingerprint density at radius 2 is 1.85 bits per heavy atom. The average Bonchev–Trinajstić information content (AvgIpc) is 2.42. The number of anilines is 1. The van der Waals surface area contributed by atoms with Gasteiger partial charge in [-0.25, -0.2) is 4.39 Å². The second kappa shape index (κ2) is 5.69. The summed E-state index contributed by atoms with van der Waals surface area (Å²) >= 11 is 0. The third-order valence-electron chi connectivity index (χ3n) is 3.03. The van der Waals surface area contributed by atoms with Gasteiger partial charge < -0.3 is 20.3 Å². The van der Waals surface area contributed by atoms with Crippen molar-refractivity contribution in [2.75, 3.05) is 12.4 Å². The number of phenolic OH excluding ortho intramolecular Hbond substituents is 2. The van der Waals surface area contributed by atoms with E-state index in [1.54, 1.807) is 18.2 Å². The first-order chi connectivity index (χ1) is 9.51. The first-order valence-electron chi connectivity index (χ1n) is 6.13. The van der Waals surface area contributed by atoms with Crippen molar-refractivity contribution < 1.29 is 19.3 Å². The van der Waals surface area contributed by atoms with Crippen LogP contribution in [0.25, 0.3) is 0 Å². The lowest BCUT2D eigenvalue weighted by Crippen LogP contribution is -2.07. The maximum absolute atomic E-state index is 13.3. The Hall–Kier alpha value is -2.43. The molecule has 2 aromatic carbocycles. The first-order valence-corrected chi connectivity index (χ1v) is 6.13. The van der Waals surface area contributed by atoms with Crippen LogP contribution in [0.1, 0.15) is 18.5 Å². The number of rotatable bonds is 4. The largest absolute Gasteiger partial charge is 0.507 e. The van der Waals surface area contributed by atoms with Crippen molar-refractivity contribution in [3.05, 3.63) is 47.8 Å². The number of nitrogens with one attached hydrogen (secondary N) is 1.